The first-order valence-electron chi connectivity index (χ1n) is 7.11. The lowest BCUT2D eigenvalue weighted by molar-refractivity contribution is -0.137. The van der Waals surface area contributed by atoms with Gasteiger partial charge in [-0.15, -0.1) is 0 Å². The van der Waals surface area contributed by atoms with Gasteiger partial charge >= 0.3 is 5.97 Å². The second-order valence-corrected chi connectivity index (χ2v) is 5.79. The van der Waals surface area contributed by atoms with Crippen LogP contribution in [0, 0.1) is 5.92 Å². The van der Waals surface area contributed by atoms with Crippen molar-refractivity contribution < 1.29 is 9.90 Å². The standard InChI is InChI=1S/C14H17ClN4O2/c15-14-17-12(16-7-9-3-1-2-4-9)10-5-6-19(8-11(20)21)13(10)18-14/h5-6,9H,1-4,7-8H2,(H,20,21)(H,16,17,18). The highest BCUT2D eigenvalue weighted by Gasteiger charge is 2.17. The number of halogens is 1. The summed E-state index contributed by atoms with van der Waals surface area (Å²) in [6.45, 7) is 0.728. The van der Waals surface area contributed by atoms with Crippen LogP contribution in [0.3, 0.4) is 0 Å². The molecule has 0 amide bonds. The Morgan fingerprint density at radius 3 is 2.90 bits per heavy atom. The molecule has 1 saturated carbocycles. The van der Waals surface area contributed by atoms with Crippen molar-refractivity contribution >= 4 is 34.4 Å². The minimum Gasteiger partial charge on any atom is -0.480 e. The normalized spacial score (nSPS) is 15.7. The Bertz CT molecular complexity index is 664. The molecule has 7 heteroatoms. The summed E-state index contributed by atoms with van der Waals surface area (Å²) in [5, 5.41) is 13.2. The molecule has 2 aromatic heterocycles. The molecule has 0 saturated heterocycles. The molecule has 2 aromatic rings. The molecule has 1 fully saturated rings. The van der Waals surface area contributed by atoms with E-state index in [1.165, 1.54) is 25.7 Å². The van der Waals surface area contributed by atoms with Crippen LogP contribution in [0.2, 0.25) is 5.28 Å². The number of hydrogen-bond acceptors (Lipinski definition) is 4. The van der Waals surface area contributed by atoms with Crippen molar-refractivity contribution in [3.05, 3.63) is 17.5 Å². The molecule has 2 N–H and O–H groups in total. The van der Waals surface area contributed by atoms with E-state index in [2.05, 4.69) is 15.3 Å². The van der Waals surface area contributed by atoms with Gasteiger partial charge in [0, 0.05) is 12.7 Å². The third-order valence-corrected chi connectivity index (χ3v) is 4.10. The highest BCUT2D eigenvalue weighted by molar-refractivity contribution is 6.28. The maximum absolute atomic E-state index is 10.9. The van der Waals surface area contributed by atoms with Crippen molar-refractivity contribution in [2.24, 2.45) is 5.92 Å². The van der Waals surface area contributed by atoms with Crippen molar-refractivity contribution in [2.45, 2.75) is 32.2 Å². The van der Waals surface area contributed by atoms with E-state index >= 15 is 0 Å². The van der Waals surface area contributed by atoms with Gasteiger partial charge in [-0.05, 0) is 36.4 Å². The predicted octanol–water partition coefficient (Wildman–Crippen LogP) is 2.77. The van der Waals surface area contributed by atoms with Crippen LogP contribution < -0.4 is 5.32 Å². The molecule has 0 atom stereocenters. The molecule has 1 aliphatic rings. The first-order chi connectivity index (χ1) is 10.1. The van der Waals surface area contributed by atoms with Crippen LogP contribution in [-0.4, -0.2) is 32.2 Å². The van der Waals surface area contributed by atoms with E-state index in [1.54, 1.807) is 10.8 Å². The van der Waals surface area contributed by atoms with E-state index in [1.807, 2.05) is 6.07 Å². The average molecular weight is 309 g/mol. The van der Waals surface area contributed by atoms with Crippen molar-refractivity contribution in [3.63, 3.8) is 0 Å². The number of rotatable bonds is 5. The van der Waals surface area contributed by atoms with E-state index < -0.39 is 5.97 Å². The molecular formula is C14H17ClN4O2. The molecule has 0 unspecified atom stereocenters. The smallest absolute Gasteiger partial charge is 0.323 e. The van der Waals surface area contributed by atoms with Crippen molar-refractivity contribution in [1.82, 2.24) is 14.5 Å². The van der Waals surface area contributed by atoms with Gasteiger partial charge in [0.05, 0.1) is 5.39 Å². The van der Waals surface area contributed by atoms with Crippen LogP contribution in [0.4, 0.5) is 5.82 Å². The van der Waals surface area contributed by atoms with Gasteiger partial charge < -0.3 is 15.0 Å². The Morgan fingerprint density at radius 2 is 2.19 bits per heavy atom. The Labute approximate surface area is 127 Å². The zero-order valence-electron chi connectivity index (χ0n) is 11.5. The van der Waals surface area contributed by atoms with Crippen LogP contribution in [0.5, 0.6) is 0 Å². The van der Waals surface area contributed by atoms with Crippen molar-refractivity contribution in [3.8, 4) is 0 Å². The van der Waals surface area contributed by atoms with Crippen LogP contribution in [-0.2, 0) is 11.3 Å². The quantitative estimate of drug-likeness (QED) is 0.830. The Morgan fingerprint density at radius 1 is 1.43 bits per heavy atom. The molecule has 6 nitrogen and oxygen atoms in total. The summed E-state index contributed by atoms with van der Waals surface area (Å²) in [6.07, 6.45) is 6.77. The van der Waals surface area contributed by atoms with E-state index in [9.17, 15) is 4.79 Å². The number of aromatic nitrogens is 3. The molecule has 2 heterocycles. The van der Waals surface area contributed by atoms with Gasteiger partial charge in [0.1, 0.15) is 18.0 Å². The number of carboxylic acids is 1. The number of nitrogens with zero attached hydrogens (tertiary/aromatic N) is 3. The van der Waals surface area contributed by atoms with Crippen LogP contribution in [0.15, 0.2) is 12.3 Å². The van der Waals surface area contributed by atoms with E-state index in [0.29, 0.717) is 17.4 Å². The molecule has 0 radical (unpaired) electrons. The van der Waals surface area contributed by atoms with Gasteiger partial charge in [-0.3, -0.25) is 4.79 Å². The Balaban J connectivity index is 1.87. The fourth-order valence-electron chi connectivity index (χ4n) is 2.90. The maximum Gasteiger partial charge on any atom is 0.323 e. The molecule has 0 spiro atoms. The summed E-state index contributed by atoms with van der Waals surface area (Å²) in [4.78, 5) is 19.2. The zero-order chi connectivity index (χ0) is 14.8. The molecule has 0 aromatic carbocycles. The number of aliphatic carboxylic acids is 1. The molecule has 3 rings (SSSR count). The van der Waals surface area contributed by atoms with Gasteiger partial charge in [-0.25, -0.2) is 4.98 Å². The van der Waals surface area contributed by atoms with Crippen LogP contribution in [0.25, 0.3) is 11.0 Å². The number of anilines is 1. The van der Waals surface area contributed by atoms with Gasteiger partial charge in [0.2, 0.25) is 5.28 Å². The SMILES string of the molecule is O=C(O)Cn1ccc2c(NCC3CCCC3)nc(Cl)nc21. The number of carboxylic acid groups (broad SMARTS) is 1. The summed E-state index contributed by atoms with van der Waals surface area (Å²) in [7, 11) is 0. The summed E-state index contributed by atoms with van der Waals surface area (Å²) < 4.78 is 1.56. The van der Waals surface area contributed by atoms with E-state index in [0.717, 1.165) is 11.9 Å². The van der Waals surface area contributed by atoms with E-state index in [-0.39, 0.29) is 11.8 Å². The van der Waals surface area contributed by atoms with E-state index in [4.69, 9.17) is 16.7 Å². The van der Waals surface area contributed by atoms with Crippen molar-refractivity contribution in [1.29, 1.82) is 0 Å². The second-order valence-electron chi connectivity index (χ2n) is 5.45. The number of nitrogens with one attached hydrogen (secondary N) is 1. The first kappa shape index (κ1) is 14.1. The fraction of sp³-hybridized carbons (Fsp3) is 0.500. The Hall–Kier alpha value is -1.82. The summed E-state index contributed by atoms with van der Waals surface area (Å²) in [6, 6.07) is 1.82. The summed E-state index contributed by atoms with van der Waals surface area (Å²) in [5.41, 5.74) is 0.548. The number of hydrogen-bond donors (Lipinski definition) is 2. The predicted molar refractivity (Wildman–Crippen MR) is 80.6 cm³/mol. The third kappa shape index (κ3) is 3.10. The molecule has 112 valence electrons. The highest BCUT2D eigenvalue weighted by atomic mass is 35.5. The molecular weight excluding hydrogens is 292 g/mol. The Kier molecular flexibility index (Phi) is 3.96. The largest absolute Gasteiger partial charge is 0.480 e. The van der Waals surface area contributed by atoms with Gasteiger partial charge in [0.15, 0.2) is 0 Å². The zero-order valence-corrected chi connectivity index (χ0v) is 12.3. The summed E-state index contributed by atoms with van der Waals surface area (Å²) in [5.74, 6) is 0.443. The lowest BCUT2D eigenvalue weighted by Crippen LogP contribution is -2.13. The number of carbonyl (C=O) groups is 1. The summed E-state index contributed by atoms with van der Waals surface area (Å²) >= 11 is 5.96. The van der Waals surface area contributed by atoms with Crippen LogP contribution >= 0.6 is 11.6 Å². The minimum absolute atomic E-state index is 0.127. The fourth-order valence-corrected chi connectivity index (χ4v) is 3.07. The van der Waals surface area contributed by atoms with Crippen molar-refractivity contribution in [2.75, 3.05) is 11.9 Å². The first-order valence-corrected chi connectivity index (χ1v) is 7.49. The molecule has 0 aliphatic heterocycles. The van der Waals surface area contributed by atoms with Gasteiger partial charge in [0.25, 0.3) is 0 Å². The lowest BCUT2D eigenvalue weighted by Gasteiger charge is -2.12. The monoisotopic (exact) mass is 308 g/mol. The van der Waals surface area contributed by atoms with Gasteiger partial charge in [-0.2, -0.15) is 4.98 Å². The second kappa shape index (κ2) is 5.89. The maximum atomic E-state index is 10.9. The van der Waals surface area contributed by atoms with Crippen LogP contribution in [0.1, 0.15) is 25.7 Å². The topological polar surface area (TPSA) is 80.0 Å². The molecule has 21 heavy (non-hydrogen) atoms. The minimum atomic E-state index is -0.914. The highest BCUT2D eigenvalue weighted by Crippen LogP contribution is 2.27. The molecule has 1 aliphatic carbocycles. The average Bonchev–Trinajstić information content (AvgIpc) is 3.06. The lowest BCUT2D eigenvalue weighted by atomic mass is 10.1. The number of fused-ring (bicyclic) bond motifs is 1. The third-order valence-electron chi connectivity index (χ3n) is 3.93. The van der Waals surface area contributed by atoms with Gasteiger partial charge in [-0.1, -0.05) is 12.8 Å². The molecule has 0 bridgehead atoms.